The third-order valence-corrected chi connectivity index (χ3v) is 8.54. The summed E-state index contributed by atoms with van der Waals surface area (Å²) in [7, 11) is 1.31. The standard InChI is InChI=1S/C27H25Cl3FN5O6/c1-41-25-23(35-10-18(33-34-35)13-6-16(29)22(30)17(31)7-13)24(39)21(11-37)42-26(25)27(40)36(19-2-3-20(19)38)15-5-12(9-32)4-14(28)8-15/h4-8,10,19-21,23-26,37-39H,2-3,11H2,1H3/t19-,20-,21?,23?,24?,25?,26?/m0/s1. The number of carbonyl (C=O) groups is 1. The largest absolute Gasteiger partial charge is 0.394 e. The number of amides is 1. The molecule has 0 spiro atoms. The second-order valence-corrected chi connectivity index (χ2v) is 11.2. The van der Waals surface area contributed by atoms with Gasteiger partial charge in [-0.15, -0.1) is 5.10 Å². The number of benzene rings is 2. The van der Waals surface area contributed by atoms with E-state index in [9.17, 15) is 29.8 Å². The van der Waals surface area contributed by atoms with Crippen LogP contribution in [-0.2, 0) is 14.3 Å². The smallest absolute Gasteiger partial charge is 0.259 e. The van der Waals surface area contributed by atoms with Gasteiger partial charge in [0.05, 0.1) is 46.6 Å². The fraction of sp³-hybridized carbons (Fsp3) is 0.407. The third-order valence-electron chi connectivity index (χ3n) is 7.54. The van der Waals surface area contributed by atoms with Gasteiger partial charge in [-0.1, -0.05) is 40.0 Å². The zero-order valence-corrected chi connectivity index (χ0v) is 24.2. The summed E-state index contributed by atoms with van der Waals surface area (Å²) >= 11 is 18.1. The predicted octanol–water partition coefficient (Wildman–Crippen LogP) is 3.15. The first-order chi connectivity index (χ1) is 20.1. The van der Waals surface area contributed by atoms with E-state index in [0.29, 0.717) is 12.8 Å². The maximum Gasteiger partial charge on any atom is 0.259 e. The number of nitriles is 1. The van der Waals surface area contributed by atoms with E-state index in [2.05, 4.69) is 10.3 Å². The number of hydrogen-bond acceptors (Lipinski definition) is 9. The molecular weight excluding hydrogens is 616 g/mol. The topological polar surface area (TPSA) is 154 Å². The van der Waals surface area contributed by atoms with Gasteiger partial charge in [0, 0.05) is 23.4 Å². The molecule has 7 atom stereocenters. The van der Waals surface area contributed by atoms with Crippen LogP contribution >= 0.6 is 34.8 Å². The zero-order valence-electron chi connectivity index (χ0n) is 21.9. The van der Waals surface area contributed by atoms with Crippen molar-refractivity contribution in [2.24, 2.45) is 0 Å². The van der Waals surface area contributed by atoms with Crippen molar-refractivity contribution in [3.8, 4) is 17.3 Å². The van der Waals surface area contributed by atoms with Gasteiger partial charge in [0.2, 0.25) is 0 Å². The summed E-state index contributed by atoms with van der Waals surface area (Å²) < 4.78 is 27.1. The minimum absolute atomic E-state index is 0.0352. The van der Waals surface area contributed by atoms with Gasteiger partial charge in [0.25, 0.3) is 5.91 Å². The number of aromatic nitrogens is 3. The highest BCUT2D eigenvalue weighted by Crippen LogP contribution is 2.38. The maximum absolute atomic E-state index is 14.3. The molecule has 1 aliphatic heterocycles. The number of rotatable bonds is 7. The van der Waals surface area contributed by atoms with Crippen LogP contribution < -0.4 is 4.90 Å². The maximum atomic E-state index is 14.3. The van der Waals surface area contributed by atoms with Gasteiger partial charge in [0.15, 0.2) is 6.10 Å². The van der Waals surface area contributed by atoms with Crippen LogP contribution in [0, 0.1) is 17.1 Å². The van der Waals surface area contributed by atoms with E-state index in [1.807, 2.05) is 6.07 Å². The van der Waals surface area contributed by atoms with E-state index in [4.69, 9.17) is 44.3 Å². The lowest BCUT2D eigenvalue weighted by molar-refractivity contribution is -0.211. The first-order valence-electron chi connectivity index (χ1n) is 12.8. The first-order valence-corrected chi connectivity index (χ1v) is 14.0. The van der Waals surface area contributed by atoms with Gasteiger partial charge in [-0.3, -0.25) is 4.79 Å². The van der Waals surface area contributed by atoms with Crippen molar-refractivity contribution >= 4 is 46.4 Å². The van der Waals surface area contributed by atoms with Gasteiger partial charge in [-0.25, -0.2) is 9.07 Å². The molecule has 3 aromatic rings. The first kappa shape index (κ1) is 30.6. The Morgan fingerprint density at radius 2 is 2.00 bits per heavy atom. The van der Waals surface area contributed by atoms with Crippen LogP contribution in [0.2, 0.25) is 15.1 Å². The molecule has 1 aliphatic carbocycles. The lowest BCUT2D eigenvalue weighted by Crippen LogP contribution is -2.64. The Balaban J connectivity index is 1.54. The predicted molar refractivity (Wildman–Crippen MR) is 150 cm³/mol. The fourth-order valence-corrected chi connectivity index (χ4v) is 5.83. The van der Waals surface area contributed by atoms with Crippen LogP contribution in [-0.4, -0.2) is 86.5 Å². The number of aliphatic hydroxyl groups excluding tert-OH is 3. The van der Waals surface area contributed by atoms with Crippen LogP contribution in [0.5, 0.6) is 0 Å². The molecular formula is C27H25Cl3FN5O6. The number of methoxy groups -OCH3 is 1. The molecule has 2 aliphatic rings. The minimum Gasteiger partial charge on any atom is -0.394 e. The summed E-state index contributed by atoms with van der Waals surface area (Å²) in [6.07, 6.45) is -3.76. The quantitative estimate of drug-likeness (QED) is 0.331. The normalized spacial score (nSPS) is 27.3. The molecule has 3 N–H and O–H groups in total. The van der Waals surface area contributed by atoms with Crippen molar-refractivity contribution in [1.82, 2.24) is 15.0 Å². The SMILES string of the molecule is COC1C(C(=O)N(c2cc(Cl)cc(C#N)c2)[C@H]2CC[C@@H]2O)OC(CO)C(O)C1n1cc(-c2cc(F)c(Cl)c(Cl)c2)nn1. The van der Waals surface area contributed by atoms with Crippen LogP contribution in [0.25, 0.3) is 11.3 Å². The van der Waals surface area contributed by atoms with E-state index in [-0.39, 0.29) is 37.6 Å². The molecule has 222 valence electrons. The summed E-state index contributed by atoms with van der Waals surface area (Å²) in [5.74, 6) is -1.42. The number of ether oxygens (including phenoxy) is 2. The van der Waals surface area contributed by atoms with E-state index >= 15 is 0 Å². The molecule has 1 aromatic heterocycles. The fourth-order valence-electron chi connectivity index (χ4n) is 5.28. The zero-order chi connectivity index (χ0) is 30.3. The Labute approximate surface area is 254 Å². The number of carbonyl (C=O) groups excluding carboxylic acids is 1. The lowest BCUT2D eigenvalue weighted by Gasteiger charge is -2.47. The van der Waals surface area contributed by atoms with Crippen LogP contribution in [0.3, 0.4) is 0 Å². The van der Waals surface area contributed by atoms with Gasteiger partial charge >= 0.3 is 0 Å². The molecule has 2 aromatic carbocycles. The van der Waals surface area contributed by atoms with Gasteiger partial charge in [-0.2, -0.15) is 5.26 Å². The van der Waals surface area contributed by atoms with Gasteiger partial charge in [0.1, 0.15) is 35.9 Å². The lowest BCUT2D eigenvalue weighted by atomic mass is 9.85. The second-order valence-electron chi connectivity index (χ2n) is 10.0. The Kier molecular flexibility index (Phi) is 9.03. The molecule has 5 rings (SSSR count). The average Bonchev–Trinajstić information content (AvgIpc) is 3.46. The number of aliphatic hydroxyl groups is 3. The molecule has 1 amide bonds. The molecule has 15 heteroatoms. The molecule has 1 saturated heterocycles. The molecule has 0 radical (unpaired) electrons. The highest BCUT2D eigenvalue weighted by molar-refractivity contribution is 6.42. The third kappa shape index (κ3) is 5.59. The molecule has 42 heavy (non-hydrogen) atoms. The molecule has 0 bridgehead atoms. The summed E-state index contributed by atoms with van der Waals surface area (Å²) in [6.45, 7) is -0.654. The molecule has 2 heterocycles. The Morgan fingerprint density at radius 3 is 2.60 bits per heavy atom. The van der Waals surface area contributed by atoms with Crippen molar-refractivity contribution < 1.29 is 34.0 Å². The average molecular weight is 641 g/mol. The highest BCUT2D eigenvalue weighted by atomic mass is 35.5. The van der Waals surface area contributed by atoms with Crippen molar-refractivity contribution in [2.75, 3.05) is 18.6 Å². The number of anilines is 1. The van der Waals surface area contributed by atoms with Crippen LogP contribution in [0.4, 0.5) is 10.1 Å². The summed E-state index contributed by atoms with van der Waals surface area (Å²) in [4.78, 5) is 15.6. The van der Waals surface area contributed by atoms with Crippen molar-refractivity contribution in [3.05, 3.63) is 63.0 Å². The van der Waals surface area contributed by atoms with E-state index < -0.39 is 60.9 Å². The molecule has 5 unspecified atom stereocenters. The van der Waals surface area contributed by atoms with Crippen molar-refractivity contribution in [1.29, 1.82) is 5.26 Å². The minimum atomic E-state index is -1.41. The monoisotopic (exact) mass is 639 g/mol. The van der Waals surface area contributed by atoms with Crippen LogP contribution in [0.1, 0.15) is 24.4 Å². The van der Waals surface area contributed by atoms with Gasteiger partial charge in [-0.05, 0) is 43.2 Å². The van der Waals surface area contributed by atoms with Crippen molar-refractivity contribution in [2.45, 2.75) is 55.4 Å². The summed E-state index contributed by atoms with van der Waals surface area (Å²) in [5, 5.41) is 49.3. The number of nitrogens with zero attached hydrogens (tertiary/aromatic N) is 5. The van der Waals surface area contributed by atoms with Crippen molar-refractivity contribution in [3.63, 3.8) is 0 Å². The van der Waals surface area contributed by atoms with E-state index in [0.717, 1.165) is 6.07 Å². The molecule has 1 saturated carbocycles. The Hall–Kier alpha value is -2.86. The number of hydrogen-bond donors (Lipinski definition) is 3. The van der Waals surface area contributed by atoms with E-state index in [1.165, 1.54) is 47.2 Å². The van der Waals surface area contributed by atoms with Crippen LogP contribution in [0.15, 0.2) is 36.5 Å². The summed E-state index contributed by atoms with van der Waals surface area (Å²) in [6, 6.07) is 7.18. The molecule has 11 nitrogen and oxygen atoms in total. The highest BCUT2D eigenvalue weighted by Gasteiger charge is 2.52. The Morgan fingerprint density at radius 1 is 1.24 bits per heavy atom. The Bertz CT molecular complexity index is 1510. The van der Waals surface area contributed by atoms with E-state index in [1.54, 1.807) is 0 Å². The summed E-state index contributed by atoms with van der Waals surface area (Å²) in [5.41, 5.74) is 0.910. The second kappa shape index (κ2) is 12.4. The number of halogens is 4. The molecule has 2 fully saturated rings. The van der Waals surface area contributed by atoms with Gasteiger partial charge < -0.3 is 29.7 Å².